The summed E-state index contributed by atoms with van der Waals surface area (Å²) in [5, 5.41) is 20.3. The lowest BCUT2D eigenvalue weighted by Gasteiger charge is -2.14. The van der Waals surface area contributed by atoms with E-state index in [1.165, 1.54) is 18.2 Å². The van der Waals surface area contributed by atoms with Crippen LogP contribution < -0.4 is 4.72 Å². The van der Waals surface area contributed by atoms with Crippen molar-refractivity contribution in [3.05, 3.63) is 34.4 Å². The number of nitro benzene ring substituents is 1. The minimum atomic E-state index is -3.86. The lowest BCUT2D eigenvalue weighted by atomic mass is 10.1. The number of hydrogen-bond donors (Lipinski definition) is 2. The number of rotatable bonds is 7. The monoisotopic (exact) mass is 302 g/mol. The van der Waals surface area contributed by atoms with Gasteiger partial charge in [0, 0.05) is 18.7 Å². The molecule has 0 aromatic heterocycles. The molecule has 1 rings (SSSR count). The van der Waals surface area contributed by atoms with Crippen molar-refractivity contribution in [2.75, 3.05) is 6.54 Å². The Morgan fingerprint density at radius 3 is 2.60 bits per heavy atom. The van der Waals surface area contributed by atoms with Gasteiger partial charge in [-0.25, -0.2) is 13.1 Å². The lowest BCUT2D eigenvalue weighted by Crippen LogP contribution is -2.32. The number of aliphatic hydroxyl groups is 1. The first-order chi connectivity index (χ1) is 9.22. The first-order valence-corrected chi connectivity index (χ1v) is 7.63. The van der Waals surface area contributed by atoms with Gasteiger partial charge in [-0.1, -0.05) is 19.9 Å². The van der Waals surface area contributed by atoms with Crippen molar-refractivity contribution in [2.45, 2.75) is 31.3 Å². The Morgan fingerprint density at radius 1 is 1.40 bits per heavy atom. The summed E-state index contributed by atoms with van der Waals surface area (Å²) in [5.74, 6) is 0.243. The molecule has 0 radical (unpaired) electrons. The summed E-state index contributed by atoms with van der Waals surface area (Å²) in [6.07, 6.45) is -0.319. The number of nitrogens with zero attached hydrogens (tertiary/aromatic N) is 1. The van der Waals surface area contributed by atoms with Gasteiger partial charge in [-0.2, -0.15) is 0 Å². The highest BCUT2D eigenvalue weighted by atomic mass is 32.2. The van der Waals surface area contributed by atoms with E-state index < -0.39 is 21.1 Å². The van der Waals surface area contributed by atoms with Crippen LogP contribution in [0.4, 0.5) is 5.69 Å². The molecule has 8 heteroatoms. The standard InChI is InChI=1S/C12H18N2O5S/c1-9(2)6-11(15)8-13-20(18,19)12-5-3-4-10(7-12)14(16)17/h3-5,7,9,11,13,15H,6,8H2,1-2H3. The predicted octanol–water partition coefficient (Wildman–Crippen LogP) is 1.28. The summed E-state index contributed by atoms with van der Waals surface area (Å²) in [5.41, 5.74) is -0.296. The Bertz CT molecular complexity index is 571. The van der Waals surface area contributed by atoms with E-state index in [1.54, 1.807) is 0 Å². The van der Waals surface area contributed by atoms with Crippen molar-refractivity contribution in [2.24, 2.45) is 5.92 Å². The van der Waals surface area contributed by atoms with E-state index in [9.17, 15) is 23.6 Å². The van der Waals surface area contributed by atoms with Gasteiger partial charge in [0.25, 0.3) is 5.69 Å². The summed E-state index contributed by atoms with van der Waals surface area (Å²) < 4.78 is 26.2. The lowest BCUT2D eigenvalue weighted by molar-refractivity contribution is -0.385. The Kier molecular flexibility index (Phi) is 5.61. The molecule has 0 aliphatic heterocycles. The summed E-state index contributed by atoms with van der Waals surface area (Å²) in [4.78, 5) is 9.77. The third kappa shape index (κ3) is 4.87. The zero-order chi connectivity index (χ0) is 15.3. The van der Waals surface area contributed by atoms with Gasteiger partial charge in [-0.15, -0.1) is 0 Å². The highest BCUT2D eigenvalue weighted by Crippen LogP contribution is 2.17. The van der Waals surface area contributed by atoms with Crippen molar-refractivity contribution in [1.29, 1.82) is 0 Å². The van der Waals surface area contributed by atoms with Gasteiger partial charge in [0.1, 0.15) is 0 Å². The molecule has 2 N–H and O–H groups in total. The normalized spacial score (nSPS) is 13.4. The number of sulfonamides is 1. The fraction of sp³-hybridized carbons (Fsp3) is 0.500. The maximum atomic E-state index is 12.0. The number of benzene rings is 1. The molecule has 0 spiro atoms. The minimum Gasteiger partial charge on any atom is -0.392 e. The van der Waals surface area contributed by atoms with Crippen LogP contribution in [0.5, 0.6) is 0 Å². The summed E-state index contributed by atoms with van der Waals surface area (Å²) in [7, 11) is -3.86. The van der Waals surface area contributed by atoms with E-state index >= 15 is 0 Å². The Morgan fingerprint density at radius 2 is 2.05 bits per heavy atom. The molecule has 112 valence electrons. The maximum absolute atomic E-state index is 12.0. The smallest absolute Gasteiger partial charge is 0.270 e. The van der Waals surface area contributed by atoms with Crippen molar-refractivity contribution in [1.82, 2.24) is 4.72 Å². The molecule has 1 atom stereocenters. The molecule has 1 aromatic carbocycles. The van der Waals surface area contributed by atoms with Gasteiger partial charge in [0.15, 0.2) is 0 Å². The zero-order valence-electron chi connectivity index (χ0n) is 11.3. The first kappa shape index (κ1) is 16.5. The van der Waals surface area contributed by atoms with E-state index in [-0.39, 0.29) is 23.0 Å². The maximum Gasteiger partial charge on any atom is 0.270 e. The zero-order valence-corrected chi connectivity index (χ0v) is 12.1. The van der Waals surface area contributed by atoms with E-state index in [1.807, 2.05) is 13.8 Å². The van der Waals surface area contributed by atoms with Crippen LogP contribution in [0, 0.1) is 16.0 Å². The second-order valence-electron chi connectivity index (χ2n) is 4.89. The van der Waals surface area contributed by atoms with Gasteiger partial charge in [-0.05, 0) is 18.4 Å². The number of aliphatic hydroxyl groups excluding tert-OH is 1. The summed E-state index contributed by atoms with van der Waals surface area (Å²) in [6.45, 7) is 3.71. The highest BCUT2D eigenvalue weighted by molar-refractivity contribution is 7.89. The number of nitrogens with one attached hydrogen (secondary N) is 1. The van der Waals surface area contributed by atoms with Crippen LogP contribution in [-0.4, -0.2) is 31.1 Å². The molecule has 1 aromatic rings. The number of hydrogen-bond acceptors (Lipinski definition) is 5. The van der Waals surface area contributed by atoms with E-state index in [0.29, 0.717) is 6.42 Å². The van der Waals surface area contributed by atoms with Crippen LogP contribution in [0.3, 0.4) is 0 Å². The summed E-state index contributed by atoms with van der Waals surface area (Å²) >= 11 is 0. The van der Waals surface area contributed by atoms with Gasteiger partial charge in [-0.3, -0.25) is 10.1 Å². The third-order valence-electron chi connectivity index (χ3n) is 2.59. The van der Waals surface area contributed by atoms with Crippen molar-refractivity contribution in [3.63, 3.8) is 0 Å². The first-order valence-electron chi connectivity index (χ1n) is 6.14. The number of non-ortho nitro benzene ring substituents is 1. The largest absolute Gasteiger partial charge is 0.392 e. The molecule has 0 bridgehead atoms. The van der Waals surface area contributed by atoms with Gasteiger partial charge < -0.3 is 5.11 Å². The quantitative estimate of drug-likeness (QED) is 0.582. The van der Waals surface area contributed by atoms with Crippen LogP contribution in [0.1, 0.15) is 20.3 Å². The molecule has 0 saturated heterocycles. The van der Waals surface area contributed by atoms with E-state index in [2.05, 4.69) is 4.72 Å². The Balaban J connectivity index is 2.79. The van der Waals surface area contributed by atoms with Gasteiger partial charge >= 0.3 is 0 Å². The molecule has 0 aliphatic rings. The van der Waals surface area contributed by atoms with E-state index in [4.69, 9.17) is 0 Å². The topological polar surface area (TPSA) is 110 Å². The Labute approximate surface area is 117 Å². The molecule has 1 unspecified atom stereocenters. The molecule has 20 heavy (non-hydrogen) atoms. The van der Waals surface area contributed by atoms with Gasteiger partial charge in [0.05, 0.1) is 15.9 Å². The second kappa shape index (κ2) is 6.78. The van der Waals surface area contributed by atoms with Crippen LogP contribution >= 0.6 is 0 Å². The molecule has 0 heterocycles. The average molecular weight is 302 g/mol. The second-order valence-corrected chi connectivity index (χ2v) is 6.66. The van der Waals surface area contributed by atoms with Crippen LogP contribution in [0.25, 0.3) is 0 Å². The van der Waals surface area contributed by atoms with Crippen molar-refractivity contribution < 1.29 is 18.4 Å². The van der Waals surface area contributed by atoms with Gasteiger partial charge in [0.2, 0.25) is 10.0 Å². The molecular weight excluding hydrogens is 284 g/mol. The van der Waals surface area contributed by atoms with Crippen molar-refractivity contribution in [3.8, 4) is 0 Å². The van der Waals surface area contributed by atoms with Crippen LogP contribution in [0.15, 0.2) is 29.2 Å². The summed E-state index contributed by atoms with van der Waals surface area (Å²) in [6, 6.07) is 4.77. The fourth-order valence-electron chi connectivity index (χ4n) is 1.68. The predicted molar refractivity (Wildman–Crippen MR) is 73.7 cm³/mol. The fourth-order valence-corrected chi connectivity index (χ4v) is 2.79. The molecule has 7 nitrogen and oxygen atoms in total. The highest BCUT2D eigenvalue weighted by Gasteiger charge is 2.19. The SMILES string of the molecule is CC(C)CC(O)CNS(=O)(=O)c1cccc([N+](=O)[O-])c1. The van der Waals surface area contributed by atoms with Crippen molar-refractivity contribution >= 4 is 15.7 Å². The van der Waals surface area contributed by atoms with Crippen LogP contribution in [-0.2, 0) is 10.0 Å². The van der Waals surface area contributed by atoms with Crippen LogP contribution in [0.2, 0.25) is 0 Å². The molecule has 0 aliphatic carbocycles. The molecular formula is C12H18N2O5S. The number of nitro groups is 1. The molecule has 0 saturated carbocycles. The minimum absolute atomic E-state index is 0.122. The third-order valence-corrected chi connectivity index (χ3v) is 4.01. The molecule has 0 amide bonds. The molecule has 0 fully saturated rings. The Hall–Kier alpha value is -1.51. The van der Waals surface area contributed by atoms with E-state index in [0.717, 1.165) is 6.07 Å². The average Bonchev–Trinajstić information content (AvgIpc) is 2.36.